The van der Waals surface area contributed by atoms with Gasteiger partial charge in [0, 0.05) is 19.1 Å². The van der Waals surface area contributed by atoms with Crippen LogP contribution in [0.15, 0.2) is 0 Å². The molecule has 5 unspecified atom stereocenters. The molecular weight excluding hydrogens is 244 g/mol. The quantitative estimate of drug-likeness (QED) is 0.852. The highest BCUT2D eigenvalue weighted by molar-refractivity contribution is 4.92. The van der Waals surface area contributed by atoms with Gasteiger partial charge in [0.25, 0.3) is 0 Å². The molecule has 0 aliphatic heterocycles. The molecule has 3 aliphatic rings. The Morgan fingerprint density at radius 2 is 1.80 bits per heavy atom. The summed E-state index contributed by atoms with van der Waals surface area (Å²) >= 11 is 0. The Morgan fingerprint density at radius 3 is 2.45 bits per heavy atom. The lowest BCUT2D eigenvalue weighted by molar-refractivity contribution is 0.112. The number of nitrogens with zero attached hydrogens (tertiary/aromatic N) is 1. The second kappa shape index (κ2) is 5.61. The standard InChI is InChI=1S/C18H34N2/c1-18(2)7-6-17(19)16(10-18)12-20(3)11-15-9-13-4-5-14(15)8-13/h13-17H,4-12,19H2,1-3H3. The molecule has 2 heteroatoms. The third kappa shape index (κ3) is 3.22. The molecule has 0 aromatic carbocycles. The van der Waals surface area contributed by atoms with E-state index in [1.807, 2.05) is 0 Å². The van der Waals surface area contributed by atoms with Crippen molar-refractivity contribution >= 4 is 0 Å². The molecule has 5 atom stereocenters. The summed E-state index contributed by atoms with van der Waals surface area (Å²) in [5.74, 6) is 3.84. The maximum absolute atomic E-state index is 6.39. The molecule has 116 valence electrons. The topological polar surface area (TPSA) is 29.3 Å². The van der Waals surface area contributed by atoms with Crippen LogP contribution in [0.1, 0.15) is 58.8 Å². The van der Waals surface area contributed by atoms with Crippen molar-refractivity contribution in [3.8, 4) is 0 Å². The Hall–Kier alpha value is -0.0800. The summed E-state index contributed by atoms with van der Waals surface area (Å²) in [6.45, 7) is 7.38. The minimum atomic E-state index is 0.436. The van der Waals surface area contributed by atoms with Crippen LogP contribution in [0.25, 0.3) is 0 Å². The highest BCUT2D eigenvalue weighted by atomic mass is 15.1. The smallest absolute Gasteiger partial charge is 0.00797 e. The van der Waals surface area contributed by atoms with Gasteiger partial charge in [0.15, 0.2) is 0 Å². The van der Waals surface area contributed by atoms with Gasteiger partial charge in [0.1, 0.15) is 0 Å². The monoisotopic (exact) mass is 278 g/mol. The van der Waals surface area contributed by atoms with Crippen LogP contribution in [0, 0.1) is 29.1 Å². The van der Waals surface area contributed by atoms with E-state index < -0.39 is 0 Å². The van der Waals surface area contributed by atoms with Gasteiger partial charge in [-0.2, -0.15) is 0 Å². The normalized spacial score (nSPS) is 43.4. The fourth-order valence-corrected chi connectivity index (χ4v) is 5.43. The van der Waals surface area contributed by atoms with Crippen LogP contribution < -0.4 is 5.73 Å². The fraction of sp³-hybridized carbons (Fsp3) is 1.00. The lowest BCUT2D eigenvalue weighted by Crippen LogP contribution is -2.45. The molecular formula is C18H34N2. The lowest BCUT2D eigenvalue weighted by Gasteiger charge is -2.41. The maximum atomic E-state index is 6.39. The van der Waals surface area contributed by atoms with E-state index in [1.165, 1.54) is 58.0 Å². The molecule has 3 saturated carbocycles. The van der Waals surface area contributed by atoms with Gasteiger partial charge in [0.2, 0.25) is 0 Å². The Bertz CT molecular complexity index is 338. The third-order valence-electron chi connectivity index (χ3n) is 6.55. The van der Waals surface area contributed by atoms with Crippen molar-refractivity contribution in [2.45, 2.75) is 64.8 Å². The first-order valence-corrected chi connectivity index (χ1v) is 8.87. The second-order valence-corrected chi connectivity index (χ2v) is 8.99. The van der Waals surface area contributed by atoms with Gasteiger partial charge in [-0.3, -0.25) is 0 Å². The molecule has 0 spiro atoms. The first kappa shape index (κ1) is 14.8. The van der Waals surface area contributed by atoms with Crippen LogP contribution in [-0.2, 0) is 0 Å². The van der Waals surface area contributed by atoms with Gasteiger partial charge in [-0.05, 0) is 74.7 Å². The lowest BCUT2D eigenvalue weighted by atomic mass is 9.70. The number of hydrogen-bond donors (Lipinski definition) is 1. The van der Waals surface area contributed by atoms with E-state index >= 15 is 0 Å². The molecule has 3 rings (SSSR count). The van der Waals surface area contributed by atoms with Crippen molar-refractivity contribution in [3.63, 3.8) is 0 Å². The fourth-order valence-electron chi connectivity index (χ4n) is 5.43. The van der Waals surface area contributed by atoms with E-state index in [0.717, 1.165) is 17.8 Å². The minimum Gasteiger partial charge on any atom is -0.327 e. The SMILES string of the molecule is CN(CC1CC(C)(C)CCC1N)CC1CC2CCC1C2. The zero-order valence-corrected chi connectivity index (χ0v) is 13.8. The van der Waals surface area contributed by atoms with Crippen LogP contribution in [0.2, 0.25) is 0 Å². The van der Waals surface area contributed by atoms with Crippen LogP contribution in [0.4, 0.5) is 0 Å². The van der Waals surface area contributed by atoms with Crippen molar-refractivity contribution in [1.29, 1.82) is 0 Å². The molecule has 3 aliphatic carbocycles. The van der Waals surface area contributed by atoms with Crippen molar-refractivity contribution in [1.82, 2.24) is 4.90 Å². The average Bonchev–Trinajstić information content (AvgIpc) is 2.95. The predicted molar refractivity (Wildman–Crippen MR) is 85.5 cm³/mol. The van der Waals surface area contributed by atoms with E-state index in [2.05, 4.69) is 25.8 Å². The highest BCUT2D eigenvalue weighted by Crippen LogP contribution is 2.48. The van der Waals surface area contributed by atoms with Crippen LogP contribution in [0.3, 0.4) is 0 Å². The number of nitrogens with two attached hydrogens (primary N) is 1. The Labute approximate surface area is 125 Å². The van der Waals surface area contributed by atoms with Crippen LogP contribution in [-0.4, -0.2) is 31.1 Å². The molecule has 0 aromatic rings. The van der Waals surface area contributed by atoms with Gasteiger partial charge in [0.05, 0.1) is 0 Å². The Morgan fingerprint density at radius 1 is 1.05 bits per heavy atom. The molecule has 0 aromatic heterocycles. The summed E-state index contributed by atoms with van der Waals surface area (Å²) in [6, 6.07) is 0.436. The van der Waals surface area contributed by atoms with E-state index in [4.69, 9.17) is 5.73 Å². The van der Waals surface area contributed by atoms with Crippen LogP contribution in [0.5, 0.6) is 0 Å². The minimum absolute atomic E-state index is 0.436. The molecule has 20 heavy (non-hydrogen) atoms. The van der Waals surface area contributed by atoms with Crippen LogP contribution >= 0.6 is 0 Å². The third-order valence-corrected chi connectivity index (χ3v) is 6.55. The summed E-state index contributed by atoms with van der Waals surface area (Å²) in [6.07, 6.45) is 9.92. The van der Waals surface area contributed by atoms with Crippen molar-refractivity contribution < 1.29 is 0 Å². The number of hydrogen-bond acceptors (Lipinski definition) is 2. The predicted octanol–water partition coefficient (Wildman–Crippen LogP) is 3.51. The second-order valence-electron chi connectivity index (χ2n) is 8.99. The summed E-state index contributed by atoms with van der Waals surface area (Å²) in [4.78, 5) is 2.61. The number of rotatable bonds is 4. The van der Waals surface area contributed by atoms with Crippen molar-refractivity contribution in [3.05, 3.63) is 0 Å². The van der Waals surface area contributed by atoms with E-state index in [0.29, 0.717) is 17.4 Å². The molecule has 2 bridgehead atoms. The summed E-state index contributed by atoms with van der Waals surface area (Å²) in [5, 5.41) is 0. The van der Waals surface area contributed by atoms with E-state index in [1.54, 1.807) is 0 Å². The first-order chi connectivity index (χ1) is 9.43. The molecule has 0 amide bonds. The molecule has 0 saturated heterocycles. The summed E-state index contributed by atoms with van der Waals surface area (Å²) in [7, 11) is 2.33. The van der Waals surface area contributed by atoms with E-state index in [9.17, 15) is 0 Å². The molecule has 3 fully saturated rings. The Kier molecular flexibility index (Phi) is 4.16. The molecule has 0 heterocycles. The summed E-state index contributed by atoms with van der Waals surface area (Å²) in [5.41, 5.74) is 6.90. The van der Waals surface area contributed by atoms with Crippen molar-refractivity contribution in [2.24, 2.45) is 34.8 Å². The average molecular weight is 278 g/mol. The maximum Gasteiger partial charge on any atom is 0.00797 e. The van der Waals surface area contributed by atoms with Gasteiger partial charge >= 0.3 is 0 Å². The zero-order chi connectivity index (χ0) is 14.3. The van der Waals surface area contributed by atoms with E-state index in [-0.39, 0.29) is 0 Å². The molecule has 0 radical (unpaired) electrons. The van der Waals surface area contributed by atoms with Crippen molar-refractivity contribution in [2.75, 3.05) is 20.1 Å². The Balaban J connectivity index is 1.49. The largest absolute Gasteiger partial charge is 0.327 e. The van der Waals surface area contributed by atoms with Gasteiger partial charge in [-0.25, -0.2) is 0 Å². The zero-order valence-electron chi connectivity index (χ0n) is 13.8. The number of fused-ring (bicyclic) bond motifs is 2. The summed E-state index contributed by atoms with van der Waals surface area (Å²) < 4.78 is 0. The van der Waals surface area contributed by atoms with Gasteiger partial charge in [-0.15, -0.1) is 0 Å². The molecule has 2 nitrogen and oxygen atoms in total. The highest BCUT2D eigenvalue weighted by Gasteiger charge is 2.40. The van der Waals surface area contributed by atoms with Gasteiger partial charge < -0.3 is 10.6 Å². The van der Waals surface area contributed by atoms with Gasteiger partial charge in [-0.1, -0.05) is 20.3 Å². The first-order valence-electron chi connectivity index (χ1n) is 8.87. The molecule has 2 N–H and O–H groups in total.